The van der Waals surface area contributed by atoms with Gasteiger partial charge in [0.05, 0.1) is 25.8 Å². The molecule has 0 atom stereocenters. The van der Waals surface area contributed by atoms with Crippen LogP contribution in [0.5, 0.6) is 17.5 Å². The van der Waals surface area contributed by atoms with Gasteiger partial charge in [-0.1, -0.05) is 0 Å². The van der Waals surface area contributed by atoms with Crippen LogP contribution in [0.4, 0.5) is 10.3 Å². The van der Waals surface area contributed by atoms with Gasteiger partial charge in [0.25, 0.3) is 5.91 Å². The number of nitrogens with one attached hydrogen (secondary N) is 1. The van der Waals surface area contributed by atoms with Gasteiger partial charge in [-0.3, -0.25) is 10.1 Å². The Balaban J connectivity index is 2.26. The van der Waals surface area contributed by atoms with Crippen LogP contribution in [0.2, 0.25) is 0 Å². The maximum Gasteiger partial charge on any atom is 0.261 e. The molecule has 2 N–H and O–H groups in total. The van der Waals surface area contributed by atoms with E-state index in [4.69, 9.17) is 9.47 Å². The van der Waals surface area contributed by atoms with E-state index >= 15 is 0 Å². The van der Waals surface area contributed by atoms with Gasteiger partial charge < -0.3 is 14.6 Å². The Morgan fingerprint density at radius 3 is 2.33 bits per heavy atom. The fourth-order valence-corrected chi connectivity index (χ4v) is 1.53. The Morgan fingerprint density at radius 2 is 1.81 bits per heavy atom. The Bertz CT molecular complexity index is 656. The number of methoxy groups -OCH3 is 2. The second-order valence-corrected chi connectivity index (χ2v) is 3.89. The van der Waals surface area contributed by atoms with E-state index in [1.807, 2.05) is 0 Å². The molecule has 0 radical (unpaired) electrons. The number of anilines is 1. The first-order chi connectivity index (χ1) is 10.0. The van der Waals surface area contributed by atoms with Gasteiger partial charge in [-0.2, -0.15) is 9.97 Å². The summed E-state index contributed by atoms with van der Waals surface area (Å²) in [6.45, 7) is 0. The van der Waals surface area contributed by atoms with Gasteiger partial charge in [-0.25, -0.2) is 4.39 Å². The number of benzene rings is 1. The van der Waals surface area contributed by atoms with E-state index in [9.17, 15) is 14.3 Å². The summed E-state index contributed by atoms with van der Waals surface area (Å²) in [6.07, 6.45) is 0. The summed E-state index contributed by atoms with van der Waals surface area (Å²) in [7, 11) is 2.80. The number of phenolic OH excluding ortho intramolecular Hbond substituents is 1. The maximum atomic E-state index is 12.9. The molecule has 0 aliphatic heterocycles. The van der Waals surface area contributed by atoms with E-state index in [1.54, 1.807) is 0 Å². The van der Waals surface area contributed by atoms with Gasteiger partial charge in [0, 0.05) is 6.07 Å². The highest BCUT2D eigenvalue weighted by molar-refractivity contribution is 6.05. The quantitative estimate of drug-likeness (QED) is 0.889. The molecule has 0 saturated carbocycles. The predicted octanol–water partition coefficient (Wildman–Crippen LogP) is 1.59. The van der Waals surface area contributed by atoms with Crippen molar-refractivity contribution in [3.63, 3.8) is 0 Å². The zero-order valence-corrected chi connectivity index (χ0v) is 11.3. The molecule has 0 unspecified atom stereocenters. The zero-order chi connectivity index (χ0) is 15.4. The lowest BCUT2D eigenvalue weighted by Crippen LogP contribution is -2.15. The van der Waals surface area contributed by atoms with Gasteiger partial charge in [0.2, 0.25) is 17.7 Å². The third-order valence-corrected chi connectivity index (χ3v) is 2.53. The molecule has 0 bridgehead atoms. The van der Waals surface area contributed by atoms with Crippen molar-refractivity contribution in [2.75, 3.05) is 19.5 Å². The number of ether oxygens (including phenoxy) is 2. The predicted molar refractivity (Wildman–Crippen MR) is 71.2 cm³/mol. The Labute approximate surface area is 119 Å². The van der Waals surface area contributed by atoms with E-state index in [1.165, 1.54) is 20.3 Å². The summed E-state index contributed by atoms with van der Waals surface area (Å²) < 4.78 is 22.8. The van der Waals surface area contributed by atoms with Gasteiger partial charge in [0.1, 0.15) is 11.6 Å². The minimum Gasteiger partial charge on any atom is -0.507 e. The number of halogens is 1. The lowest BCUT2D eigenvalue weighted by atomic mass is 10.2. The summed E-state index contributed by atoms with van der Waals surface area (Å²) in [4.78, 5) is 19.8. The topological polar surface area (TPSA) is 93.6 Å². The normalized spacial score (nSPS) is 10.0. The number of amides is 1. The molecule has 2 aromatic rings. The van der Waals surface area contributed by atoms with E-state index in [-0.39, 0.29) is 23.3 Å². The van der Waals surface area contributed by atoms with Crippen molar-refractivity contribution in [1.82, 2.24) is 9.97 Å². The van der Waals surface area contributed by atoms with Crippen molar-refractivity contribution in [3.8, 4) is 17.5 Å². The molecule has 0 fully saturated rings. The molecule has 7 nitrogen and oxygen atoms in total. The second kappa shape index (κ2) is 6.04. The third-order valence-electron chi connectivity index (χ3n) is 2.53. The molecular weight excluding hydrogens is 281 g/mol. The smallest absolute Gasteiger partial charge is 0.261 e. The molecule has 1 aromatic carbocycles. The van der Waals surface area contributed by atoms with E-state index < -0.39 is 17.5 Å². The first-order valence-corrected chi connectivity index (χ1v) is 5.80. The van der Waals surface area contributed by atoms with Crippen LogP contribution in [0, 0.1) is 5.82 Å². The second-order valence-electron chi connectivity index (χ2n) is 3.89. The summed E-state index contributed by atoms with van der Waals surface area (Å²) in [5, 5.41) is 11.9. The molecule has 1 amide bonds. The van der Waals surface area contributed by atoms with Crippen molar-refractivity contribution in [2.45, 2.75) is 0 Å². The van der Waals surface area contributed by atoms with E-state index in [0.29, 0.717) is 0 Å². The van der Waals surface area contributed by atoms with Crippen LogP contribution in [0.15, 0.2) is 24.3 Å². The third kappa shape index (κ3) is 3.35. The Hall–Kier alpha value is -2.90. The number of nitrogens with zero attached hydrogens (tertiary/aromatic N) is 2. The molecule has 21 heavy (non-hydrogen) atoms. The first-order valence-electron chi connectivity index (χ1n) is 5.80. The van der Waals surface area contributed by atoms with Crippen LogP contribution in [0.25, 0.3) is 0 Å². The van der Waals surface area contributed by atoms with Crippen LogP contribution in [0.1, 0.15) is 10.4 Å². The van der Waals surface area contributed by atoms with Gasteiger partial charge >= 0.3 is 0 Å². The Morgan fingerprint density at radius 1 is 1.19 bits per heavy atom. The number of rotatable bonds is 4. The number of phenols is 1. The standard InChI is InChI=1S/C13H12FN3O4/c1-20-10-6-11(21-2)16-13(15-10)17-12(19)8-4-3-7(14)5-9(8)18/h3-6,18H,1-2H3,(H,15,16,17,19). The minimum absolute atomic E-state index is 0.0695. The number of carbonyl (C=O) groups excluding carboxylic acids is 1. The van der Waals surface area contributed by atoms with Gasteiger partial charge in [0.15, 0.2) is 0 Å². The van der Waals surface area contributed by atoms with Crippen LogP contribution < -0.4 is 14.8 Å². The number of aromatic hydroxyl groups is 1. The van der Waals surface area contributed by atoms with Crippen molar-refractivity contribution in [1.29, 1.82) is 0 Å². The highest BCUT2D eigenvalue weighted by Crippen LogP contribution is 2.21. The highest BCUT2D eigenvalue weighted by atomic mass is 19.1. The molecule has 0 saturated heterocycles. The lowest BCUT2D eigenvalue weighted by Gasteiger charge is -2.08. The van der Waals surface area contributed by atoms with Crippen molar-refractivity contribution < 1.29 is 23.8 Å². The van der Waals surface area contributed by atoms with Crippen molar-refractivity contribution in [2.24, 2.45) is 0 Å². The summed E-state index contributed by atoms with van der Waals surface area (Å²) in [5.41, 5.74) is -0.109. The average Bonchev–Trinajstić information content (AvgIpc) is 2.46. The van der Waals surface area contributed by atoms with Crippen LogP contribution in [-0.2, 0) is 0 Å². The van der Waals surface area contributed by atoms with Crippen molar-refractivity contribution >= 4 is 11.9 Å². The largest absolute Gasteiger partial charge is 0.507 e. The summed E-state index contributed by atoms with van der Waals surface area (Å²) in [5.74, 6) is -1.51. The average molecular weight is 293 g/mol. The van der Waals surface area contributed by atoms with E-state index in [0.717, 1.165) is 18.2 Å². The summed E-state index contributed by atoms with van der Waals surface area (Å²) >= 11 is 0. The molecule has 0 aliphatic carbocycles. The molecule has 2 rings (SSSR count). The SMILES string of the molecule is COc1cc(OC)nc(NC(=O)c2ccc(F)cc2O)n1. The molecular formula is C13H12FN3O4. The molecule has 8 heteroatoms. The molecule has 1 heterocycles. The lowest BCUT2D eigenvalue weighted by molar-refractivity contribution is 0.102. The first kappa shape index (κ1) is 14.5. The summed E-state index contributed by atoms with van der Waals surface area (Å²) in [6, 6.07) is 4.48. The highest BCUT2D eigenvalue weighted by Gasteiger charge is 2.14. The fraction of sp³-hybridized carbons (Fsp3) is 0.154. The van der Waals surface area contributed by atoms with Crippen LogP contribution in [-0.4, -0.2) is 35.2 Å². The number of hydrogen-bond acceptors (Lipinski definition) is 6. The minimum atomic E-state index is -0.692. The molecule has 110 valence electrons. The van der Waals surface area contributed by atoms with E-state index in [2.05, 4.69) is 15.3 Å². The number of aromatic nitrogens is 2. The van der Waals surface area contributed by atoms with Gasteiger partial charge in [-0.05, 0) is 12.1 Å². The fourth-order valence-electron chi connectivity index (χ4n) is 1.53. The van der Waals surface area contributed by atoms with Gasteiger partial charge in [-0.15, -0.1) is 0 Å². The van der Waals surface area contributed by atoms with Crippen molar-refractivity contribution in [3.05, 3.63) is 35.6 Å². The van der Waals surface area contributed by atoms with Crippen LogP contribution in [0.3, 0.4) is 0 Å². The van der Waals surface area contributed by atoms with Crippen LogP contribution >= 0.6 is 0 Å². The molecule has 0 spiro atoms. The molecule has 1 aromatic heterocycles. The maximum absolute atomic E-state index is 12.9. The Kier molecular flexibility index (Phi) is 4.17. The zero-order valence-electron chi connectivity index (χ0n) is 11.3. The number of hydrogen-bond donors (Lipinski definition) is 2. The monoisotopic (exact) mass is 293 g/mol. The number of carbonyl (C=O) groups is 1. The molecule has 0 aliphatic rings.